The van der Waals surface area contributed by atoms with Crippen molar-refractivity contribution in [2.75, 3.05) is 11.9 Å². The number of carbonyl (C=O) groups is 2. The fourth-order valence-corrected chi connectivity index (χ4v) is 3.39. The van der Waals surface area contributed by atoms with Gasteiger partial charge in [-0.1, -0.05) is 38.8 Å². The zero-order chi connectivity index (χ0) is 21.1. The zero-order valence-electron chi connectivity index (χ0n) is 15.4. The molecule has 9 heteroatoms. The first-order valence-corrected chi connectivity index (χ1v) is 9.58. The van der Waals surface area contributed by atoms with Gasteiger partial charge in [0.25, 0.3) is 5.91 Å². The van der Waals surface area contributed by atoms with E-state index in [1.807, 2.05) is 13.0 Å². The number of rotatable bonds is 5. The molecule has 0 fully saturated rings. The van der Waals surface area contributed by atoms with Gasteiger partial charge in [-0.2, -0.15) is 0 Å². The molecule has 1 N–H and O–H groups in total. The summed E-state index contributed by atoms with van der Waals surface area (Å²) in [6.07, 6.45) is 0. The van der Waals surface area contributed by atoms with Gasteiger partial charge < -0.3 is 14.6 Å². The molecule has 3 aromatic rings. The Morgan fingerprint density at radius 2 is 2.03 bits per heavy atom. The van der Waals surface area contributed by atoms with Gasteiger partial charge in [-0.15, -0.1) is 0 Å². The molecule has 0 atom stereocenters. The highest BCUT2D eigenvalue weighted by Crippen LogP contribution is 2.33. The maximum absolute atomic E-state index is 14.2. The van der Waals surface area contributed by atoms with E-state index in [-0.39, 0.29) is 27.6 Å². The van der Waals surface area contributed by atoms with E-state index in [1.165, 1.54) is 25.1 Å². The zero-order valence-corrected chi connectivity index (χ0v) is 17.7. The molecule has 0 radical (unpaired) electrons. The summed E-state index contributed by atoms with van der Waals surface area (Å²) in [7, 11) is 0. The van der Waals surface area contributed by atoms with Gasteiger partial charge in [-0.25, -0.2) is 9.18 Å². The summed E-state index contributed by atoms with van der Waals surface area (Å²) in [5.41, 5.74) is 1.18. The molecule has 1 aromatic heterocycles. The monoisotopic (exact) mass is 480 g/mol. The largest absolute Gasteiger partial charge is 0.452 e. The number of esters is 1. The number of aryl methyl sites for hydroxylation is 2. The molecule has 150 valence electrons. The molecule has 1 amide bonds. The lowest BCUT2D eigenvalue weighted by molar-refractivity contribution is -0.119. The number of benzene rings is 2. The SMILES string of the molecule is Cc1cc(Br)ccc1NC(=O)COC(=O)c1c(-c2c(F)cccc2Cl)noc1C. The van der Waals surface area contributed by atoms with Gasteiger partial charge in [-0.05, 0) is 49.7 Å². The number of carbonyl (C=O) groups excluding carboxylic acids is 2. The van der Waals surface area contributed by atoms with E-state index >= 15 is 0 Å². The average molecular weight is 482 g/mol. The number of aromatic nitrogens is 1. The third kappa shape index (κ3) is 4.65. The van der Waals surface area contributed by atoms with Gasteiger partial charge in [0.2, 0.25) is 0 Å². The minimum Gasteiger partial charge on any atom is -0.452 e. The Morgan fingerprint density at radius 1 is 1.28 bits per heavy atom. The highest BCUT2D eigenvalue weighted by atomic mass is 79.9. The van der Waals surface area contributed by atoms with Gasteiger partial charge in [0, 0.05) is 10.2 Å². The Kier molecular flexibility index (Phi) is 6.34. The lowest BCUT2D eigenvalue weighted by Crippen LogP contribution is -2.21. The minimum absolute atomic E-state index is 0.0656. The maximum Gasteiger partial charge on any atom is 0.344 e. The van der Waals surface area contributed by atoms with E-state index in [9.17, 15) is 14.0 Å². The predicted molar refractivity (Wildman–Crippen MR) is 109 cm³/mol. The molecule has 6 nitrogen and oxygen atoms in total. The van der Waals surface area contributed by atoms with Crippen molar-refractivity contribution in [3.05, 3.63) is 68.6 Å². The summed E-state index contributed by atoms with van der Waals surface area (Å²) in [6, 6.07) is 9.43. The Morgan fingerprint density at radius 3 is 2.72 bits per heavy atom. The normalized spacial score (nSPS) is 10.7. The lowest BCUT2D eigenvalue weighted by Gasteiger charge is -2.10. The molecular formula is C20H15BrClFN2O4. The Balaban J connectivity index is 1.75. The minimum atomic E-state index is -0.874. The first-order chi connectivity index (χ1) is 13.8. The molecule has 0 unspecified atom stereocenters. The van der Waals surface area contributed by atoms with Crippen LogP contribution in [0.15, 0.2) is 45.4 Å². The third-order valence-corrected chi connectivity index (χ3v) is 4.87. The van der Waals surface area contributed by atoms with Crippen LogP contribution < -0.4 is 5.32 Å². The van der Waals surface area contributed by atoms with Gasteiger partial charge in [0.05, 0.1) is 10.6 Å². The van der Waals surface area contributed by atoms with E-state index in [0.29, 0.717) is 5.69 Å². The second kappa shape index (κ2) is 8.75. The smallest absolute Gasteiger partial charge is 0.344 e. The molecule has 0 aliphatic heterocycles. The molecule has 0 bridgehead atoms. The van der Waals surface area contributed by atoms with Gasteiger partial charge >= 0.3 is 5.97 Å². The van der Waals surface area contributed by atoms with Gasteiger partial charge in [-0.3, -0.25) is 4.79 Å². The molecule has 0 spiro atoms. The molecule has 0 aliphatic carbocycles. The summed E-state index contributed by atoms with van der Waals surface area (Å²) in [5, 5.41) is 6.46. The van der Waals surface area contributed by atoms with Crippen LogP contribution in [-0.2, 0) is 9.53 Å². The number of amides is 1. The van der Waals surface area contributed by atoms with Crippen molar-refractivity contribution in [3.63, 3.8) is 0 Å². The molecule has 1 heterocycles. The molecule has 3 rings (SSSR count). The predicted octanol–water partition coefficient (Wildman–Crippen LogP) is 5.31. The topological polar surface area (TPSA) is 81.4 Å². The Hall–Kier alpha value is -2.71. The average Bonchev–Trinajstić information content (AvgIpc) is 3.03. The van der Waals surface area contributed by atoms with Gasteiger partial charge in [0.15, 0.2) is 6.61 Å². The van der Waals surface area contributed by atoms with Crippen LogP contribution in [0.2, 0.25) is 5.02 Å². The molecule has 0 saturated carbocycles. The van der Waals surface area contributed by atoms with Crippen LogP contribution in [0.1, 0.15) is 21.7 Å². The van der Waals surface area contributed by atoms with E-state index in [0.717, 1.165) is 10.0 Å². The van der Waals surface area contributed by atoms with Crippen molar-refractivity contribution >= 4 is 45.1 Å². The number of anilines is 1. The molecule has 0 aliphatic rings. The second-order valence-electron chi connectivity index (χ2n) is 6.14. The lowest BCUT2D eigenvalue weighted by atomic mass is 10.1. The van der Waals surface area contributed by atoms with Crippen molar-refractivity contribution in [3.8, 4) is 11.3 Å². The van der Waals surface area contributed by atoms with Crippen LogP contribution in [0.4, 0.5) is 10.1 Å². The van der Waals surface area contributed by atoms with Crippen molar-refractivity contribution in [2.24, 2.45) is 0 Å². The van der Waals surface area contributed by atoms with Crippen LogP contribution >= 0.6 is 27.5 Å². The standard InChI is InChI=1S/C20H15BrClFN2O4/c1-10-8-12(21)6-7-15(10)24-16(26)9-28-20(27)17-11(2)29-25-19(17)18-13(22)4-3-5-14(18)23/h3-8H,9H2,1-2H3,(H,24,26). The fourth-order valence-electron chi connectivity index (χ4n) is 2.66. The van der Waals surface area contributed by atoms with Crippen molar-refractivity contribution < 1.29 is 23.2 Å². The number of ether oxygens (including phenoxy) is 1. The second-order valence-corrected chi connectivity index (χ2v) is 7.47. The van der Waals surface area contributed by atoms with Crippen LogP contribution in [-0.4, -0.2) is 23.6 Å². The maximum atomic E-state index is 14.2. The highest BCUT2D eigenvalue weighted by Gasteiger charge is 2.27. The van der Waals surface area contributed by atoms with E-state index in [4.69, 9.17) is 20.9 Å². The number of halogens is 3. The number of hydrogen-bond donors (Lipinski definition) is 1. The molecule has 29 heavy (non-hydrogen) atoms. The first-order valence-electron chi connectivity index (χ1n) is 8.41. The number of nitrogens with zero attached hydrogens (tertiary/aromatic N) is 1. The summed E-state index contributed by atoms with van der Waals surface area (Å²) >= 11 is 9.40. The Bertz CT molecular complexity index is 1080. The fraction of sp³-hybridized carbons (Fsp3) is 0.150. The first kappa shape index (κ1) is 21.0. The summed E-state index contributed by atoms with van der Waals surface area (Å²) in [5.74, 6) is -1.94. The molecular weight excluding hydrogens is 467 g/mol. The van der Waals surface area contributed by atoms with E-state index in [1.54, 1.807) is 12.1 Å². The summed E-state index contributed by atoms with van der Waals surface area (Å²) < 4.78 is 25.2. The van der Waals surface area contributed by atoms with Crippen LogP contribution in [0.5, 0.6) is 0 Å². The number of hydrogen-bond acceptors (Lipinski definition) is 5. The van der Waals surface area contributed by atoms with Crippen molar-refractivity contribution in [2.45, 2.75) is 13.8 Å². The highest BCUT2D eigenvalue weighted by molar-refractivity contribution is 9.10. The van der Waals surface area contributed by atoms with E-state index in [2.05, 4.69) is 26.4 Å². The van der Waals surface area contributed by atoms with Gasteiger partial charge in [0.1, 0.15) is 22.8 Å². The van der Waals surface area contributed by atoms with E-state index < -0.39 is 24.3 Å². The quantitative estimate of drug-likeness (QED) is 0.500. The summed E-state index contributed by atoms with van der Waals surface area (Å²) in [4.78, 5) is 24.7. The molecule has 0 saturated heterocycles. The summed E-state index contributed by atoms with van der Waals surface area (Å²) in [6.45, 7) is 2.77. The Labute approximate surface area is 179 Å². The number of nitrogens with one attached hydrogen (secondary N) is 1. The van der Waals surface area contributed by atoms with Crippen LogP contribution in [0, 0.1) is 19.7 Å². The van der Waals surface area contributed by atoms with Crippen LogP contribution in [0.25, 0.3) is 11.3 Å². The molecule has 2 aromatic carbocycles. The van der Waals surface area contributed by atoms with Crippen molar-refractivity contribution in [1.82, 2.24) is 5.16 Å². The third-order valence-electron chi connectivity index (χ3n) is 4.06. The van der Waals surface area contributed by atoms with Crippen LogP contribution in [0.3, 0.4) is 0 Å². The van der Waals surface area contributed by atoms with Crippen molar-refractivity contribution in [1.29, 1.82) is 0 Å².